The highest BCUT2D eigenvalue weighted by molar-refractivity contribution is 6.04. The number of likely N-dealkylation sites (tertiary alicyclic amines) is 1. The molecule has 0 atom stereocenters. The topological polar surface area (TPSA) is 61.4 Å². The number of benzene rings is 2. The van der Waals surface area contributed by atoms with Gasteiger partial charge < -0.3 is 10.6 Å². The molecule has 2 amide bonds. The number of nitrogens with one attached hydrogen (secondary N) is 2. The van der Waals surface area contributed by atoms with E-state index in [2.05, 4.69) is 27.7 Å². The molecule has 4 rings (SSSR count). The predicted octanol–water partition coefficient (Wildman–Crippen LogP) is 4.91. The quantitative estimate of drug-likeness (QED) is 0.681. The summed E-state index contributed by atoms with van der Waals surface area (Å²) in [6.45, 7) is 4.69. The van der Waals surface area contributed by atoms with E-state index in [9.17, 15) is 9.59 Å². The molecule has 2 aliphatic rings. The summed E-state index contributed by atoms with van der Waals surface area (Å²) in [7, 11) is 0. The lowest BCUT2D eigenvalue weighted by atomic mass is 9.92. The van der Waals surface area contributed by atoms with E-state index in [0.717, 1.165) is 56.6 Å². The number of hydrogen-bond acceptors (Lipinski definition) is 3. The number of anilines is 1. The number of nitrogens with zero attached hydrogens (tertiary/aromatic N) is 1. The van der Waals surface area contributed by atoms with Crippen LogP contribution in [-0.2, 0) is 11.3 Å². The molecule has 2 fully saturated rings. The lowest BCUT2D eigenvalue weighted by Gasteiger charge is -2.32. The van der Waals surface area contributed by atoms with Gasteiger partial charge in [0.05, 0.1) is 0 Å². The third kappa shape index (κ3) is 6.19. The molecule has 1 aliphatic heterocycles. The van der Waals surface area contributed by atoms with Crippen molar-refractivity contribution in [3.05, 3.63) is 65.2 Å². The third-order valence-corrected chi connectivity index (χ3v) is 6.78. The number of rotatable bonds is 6. The monoisotopic (exact) mass is 433 g/mol. The molecular formula is C27H35N3O2. The minimum absolute atomic E-state index is 0.0874. The van der Waals surface area contributed by atoms with E-state index >= 15 is 0 Å². The molecule has 0 spiro atoms. The zero-order chi connectivity index (χ0) is 22.3. The molecule has 5 heteroatoms. The predicted molar refractivity (Wildman–Crippen MR) is 129 cm³/mol. The summed E-state index contributed by atoms with van der Waals surface area (Å²) in [5.41, 5.74) is 3.74. The molecule has 1 saturated heterocycles. The highest BCUT2D eigenvalue weighted by Gasteiger charge is 2.27. The first-order chi connectivity index (χ1) is 15.6. The van der Waals surface area contributed by atoms with Gasteiger partial charge in [-0.15, -0.1) is 0 Å². The van der Waals surface area contributed by atoms with Crippen LogP contribution < -0.4 is 10.6 Å². The van der Waals surface area contributed by atoms with Crippen LogP contribution >= 0.6 is 0 Å². The Bertz CT molecular complexity index is 928. The molecule has 2 N–H and O–H groups in total. The zero-order valence-corrected chi connectivity index (χ0v) is 19.1. The number of piperidine rings is 1. The normalized spacial score (nSPS) is 18.3. The minimum atomic E-state index is -0.0874. The van der Waals surface area contributed by atoms with Crippen LogP contribution in [0.15, 0.2) is 48.5 Å². The molecule has 1 saturated carbocycles. The van der Waals surface area contributed by atoms with Crippen molar-refractivity contribution >= 4 is 17.5 Å². The van der Waals surface area contributed by atoms with Gasteiger partial charge in [-0.1, -0.05) is 49.1 Å². The first-order valence-electron chi connectivity index (χ1n) is 12.1. The van der Waals surface area contributed by atoms with Gasteiger partial charge >= 0.3 is 0 Å². The Morgan fingerprint density at radius 3 is 2.44 bits per heavy atom. The number of hydrogen-bond donors (Lipinski definition) is 2. The van der Waals surface area contributed by atoms with Crippen LogP contribution in [0.2, 0.25) is 0 Å². The summed E-state index contributed by atoms with van der Waals surface area (Å²) in [4.78, 5) is 27.6. The standard InChI is InChI=1S/C27H35N3O2/c1-20-7-5-9-23(17-20)27(32)29-25-12-6-8-21(18-25)19-30-15-13-22(14-16-30)26(31)28-24-10-3-2-4-11-24/h5-9,12,17-18,22,24H,2-4,10-11,13-16,19H2,1H3,(H,28,31)(H,29,32). The lowest BCUT2D eigenvalue weighted by molar-refractivity contribution is -0.127. The first kappa shape index (κ1) is 22.5. The summed E-state index contributed by atoms with van der Waals surface area (Å²) in [6.07, 6.45) is 7.91. The molecule has 2 aromatic rings. The van der Waals surface area contributed by atoms with E-state index in [1.165, 1.54) is 24.8 Å². The molecule has 0 radical (unpaired) electrons. The van der Waals surface area contributed by atoms with E-state index in [4.69, 9.17) is 0 Å². The Kier molecular flexibility index (Phi) is 7.59. The Morgan fingerprint density at radius 1 is 0.938 bits per heavy atom. The van der Waals surface area contributed by atoms with Crippen molar-refractivity contribution in [2.75, 3.05) is 18.4 Å². The molecule has 0 unspecified atom stereocenters. The molecule has 1 aliphatic carbocycles. The molecule has 5 nitrogen and oxygen atoms in total. The molecule has 0 aromatic heterocycles. The van der Waals surface area contributed by atoms with Crippen LogP contribution in [0.3, 0.4) is 0 Å². The molecule has 0 bridgehead atoms. The van der Waals surface area contributed by atoms with Crippen molar-refractivity contribution in [2.45, 2.75) is 64.5 Å². The summed E-state index contributed by atoms with van der Waals surface area (Å²) in [5, 5.41) is 6.31. The lowest BCUT2D eigenvalue weighted by Crippen LogP contribution is -2.44. The number of carbonyl (C=O) groups excluding carboxylic acids is 2. The number of aryl methyl sites for hydroxylation is 1. The van der Waals surface area contributed by atoms with Crippen molar-refractivity contribution in [1.29, 1.82) is 0 Å². The first-order valence-corrected chi connectivity index (χ1v) is 12.1. The average molecular weight is 434 g/mol. The van der Waals surface area contributed by atoms with Gasteiger partial charge in [0, 0.05) is 29.8 Å². The van der Waals surface area contributed by atoms with Crippen molar-refractivity contribution in [3.63, 3.8) is 0 Å². The van der Waals surface area contributed by atoms with Gasteiger partial charge in [-0.25, -0.2) is 0 Å². The van der Waals surface area contributed by atoms with Gasteiger partial charge in [0.2, 0.25) is 5.91 Å². The maximum absolute atomic E-state index is 12.6. The van der Waals surface area contributed by atoms with Gasteiger partial charge in [-0.05, 0) is 75.5 Å². The second-order valence-electron chi connectivity index (χ2n) is 9.42. The summed E-state index contributed by atoms with van der Waals surface area (Å²) in [6, 6.07) is 16.1. The molecule has 170 valence electrons. The SMILES string of the molecule is Cc1cccc(C(=O)Nc2cccc(CN3CCC(C(=O)NC4CCCCC4)CC3)c2)c1. The largest absolute Gasteiger partial charge is 0.353 e. The number of amides is 2. The van der Waals surface area contributed by atoms with Gasteiger partial charge in [0.25, 0.3) is 5.91 Å². The minimum Gasteiger partial charge on any atom is -0.353 e. The van der Waals surface area contributed by atoms with E-state index in [0.29, 0.717) is 11.6 Å². The van der Waals surface area contributed by atoms with Gasteiger partial charge in [0.1, 0.15) is 0 Å². The van der Waals surface area contributed by atoms with Crippen molar-refractivity contribution in [3.8, 4) is 0 Å². The van der Waals surface area contributed by atoms with E-state index in [1.807, 2.05) is 43.3 Å². The molecular weight excluding hydrogens is 398 g/mol. The van der Waals surface area contributed by atoms with E-state index in [-0.39, 0.29) is 17.7 Å². The Balaban J connectivity index is 1.26. The molecule has 32 heavy (non-hydrogen) atoms. The zero-order valence-electron chi connectivity index (χ0n) is 19.1. The Hall–Kier alpha value is -2.66. The Labute approximate surface area is 191 Å². The third-order valence-electron chi connectivity index (χ3n) is 6.78. The van der Waals surface area contributed by atoms with Crippen LogP contribution in [0, 0.1) is 12.8 Å². The van der Waals surface area contributed by atoms with Crippen LogP contribution in [0.25, 0.3) is 0 Å². The molecule has 1 heterocycles. The fourth-order valence-corrected chi connectivity index (χ4v) is 4.91. The second kappa shape index (κ2) is 10.8. The second-order valence-corrected chi connectivity index (χ2v) is 9.42. The maximum Gasteiger partial charge on any atom is 0.255 e. The average Bonchev–Trinajstić information content (AvgIpc) is 2.80. The summed E-state index contributed by atoms with van der Waals surface area (Å²) < 4.78 is 0. The van der Waals surface area contributed by atoms with E-state index < -0.39 is 0 Å². The smallest absolute Gasteiger partial charge is 0.255 e. The van der Waals surface area contributed by atoms with Crippen LogP contribution in [-0.4, -0.2) is 35.8 Å². The highest BCUT2D eigenvalue weighted by atomic mass is 16.2. The fourth-order valence-electron chi connectivity index (χ4n) is 4.91. The van der Waals surface area contributed by atoms with Crippen LogP contribution in [0.1, 0.15) is 66.4 Å². The molecule has 2 aromatic carbocycles. The van der Waals surface area contributed by atoms with Gasteiger partial charge in [-0.3, -0.25) is 14.5 Å². The van der Waals surface area contributed by atoms with Crippen molar-refractivity contribution in [2.24, 2.45) is 5.92 Å². The van der Waals surface area contributed by atoms with Gasteiger partial charge in [-0.2, -0.15) is 0 Å². The number of carbonyl (C=O) groups is 2. The van der Waals surface area contributed by atoms with Crippen LogP contribution in [0.4, 0.5) is 5.69 Å². The Morgan fingerprint density at radius 2 is 1.69 bits per heavy atom. The van der Waals surface area contributed by atoms with Crippen molar-refractivity contribution in [1.82, 2.24) is 10.2 Å². The highest BCUT2D eigenvalue weighted by Crippen LogP contribution is 2.23. The van der Waals surface area contributed by atoms with Crippen molar-refractivity contribution < 1.29 is 9.59 Å². The van der Waals surface area contributed by atoms with Gasteiger partial charge in [0.15, 0.2) is 0 Å². The van der Waals surface area contributed by atoms with E-state index in [1.54, 1.807) is 0 Å². The summed E-state index contributed by atoms with van der Waals surface area (Å²) in [5.74, 6) is 0.321. The maximum atomic E-state index is 12.6. The summed E-state index contributed by atoms with van der Waals surface area (Å²) >= 11 is 0. The fraction of sp³-hybridized carbons (Fsp3) is 0.481. The van der Waals surface area contributed by atoms with Crippen LogP contribution in [0.5, 0.6) is 0 Å².